The van der Waals surface area contributed by atoms with Crippen molar-refractivity contribution in [2.24, 2.45) is 5.92 Å². The first-order valence-corrected chi connectivity index (χ1v) is 7.69. The lowest BCUT2D eigenvalue weighted by Gasteiger charge is -2.33. The number of hydrogen-bond acceptors (Lipinski definition) is 2. The maximum absolute atomic E-state index is 12.3. The van der Waals surface area contributed by atoms with Gasteiger partial charge in [0.1, 0.15) is 0 Å². The number of hydrogen-bond donors (Lipinski definition) is 1. The largest absolute Gasteiger partial charge is 0.481 e. The van der Waals surface area contributed by atoms with Crippen molar-refractivity contribution >= 4 is 35.1 Å². The Hall–Kier alpha value is -1.26. The number of carbonyl (C=O) groups excluding carboxylic acids is 1. The third-order valence-electron chi connectivity index (χ3n) is 3.90. The highest BCUT2D eigenvalue weighted by molar-refractivity contribution is 6.42. The van der Waals surface area contributed by atoms with Crippen molar-refractivity contribution in [3.63, 3.8) is 0 Å². The number of rotatable bonds is 3. The highest BCUT2D eigenvalue weighted by Crippen LogP contribution is 2.40. The quantitative estimate of drug-likeness (QED) is 0.918. The van der Waals surface area contributed by atoms with Gasteiger partial charge in [-0.1, -0.05) is 35.3 Å². The van der Waals surface area contributed by atoms with E-state index in [2.05, 4.69) is 0 Å². The molecular formula is C15H17Cl2NO3. The number of halogens is 2. The van der Waals surface area contributed by atoms with Crippen LogP contribution >= 0.6 is 23.2 Å². The zero-order valence-corrected chi connectivity index (χ0v) is 13.2. The Balaban J connectivity index is 2.56. The smallest absolute Gasteiger partial charge is 0.308 e. The summed E-state index contributed by atoms with van der Waals surface area (Å²) in [5, 5.41) is 10.2. The predicted octanol–water partition coefficient (Wildman–Crippen LogP) is 3.77. The van der Waals surface area contributed by atoms with Gasteiger partial charge in [0.2, 0.25) is 5.91 Å². The summed E-state index contributed by atoms with van der Waals surface area (Å²) in [5.74, 6) is -1.63. The van der Waals surface area contributed by atoms with Gasteiger partial charge in [0, 0.05) is 13.0 Å². The number of benzene rings is 1. The van der Waals surface area contributed by atoms with Crippen LogP contribution in [0.1, 0.15) is 37.8 Å². The second-order valence-electron chi connectivity index (χ2n) is 5.10. The zero-order valence-electron chi connectivity index (χ0n) is 11.7. The fourth-order valence-electron chi connectivity index (χ4n) is 2.91. The van der Waals surface area contributed by atoms with Crippen molar-refractivity contribution in [3.8, 4) is 0 Å². The van der Waals surface area contributed by atoms with Crippen LogP contribution in [0.15, 0.2) is 18.2 Å². The molecule has 2 atom stereocenters. The number of amides is 1. The van der Waals surface area contributed by atoms with Crippen LogP contribution in [-0.2, 0) is 9.59 Å². The van der Waals surface area contributed by atoms with Gasteiger partial charge in [-0.25, -0.2) is 0 Å². The van der Waals surface area contributed by atoms with Crippen LogP contribution in [0.25, 0.3) is 0 Å². The molecular weight excluding hydrogens is 313 g/mol. The molecule has 2 rings (SSSR count). The molecule has 4 nitrogen and oxygen atoms in total. The number of aliphatic carboxylic acids is 1. The molecule has 1 fully saturated rings. The van der Waals surface area contributed by atoms with Crippen LogP contribution in [0.2, 0.25) is 10.0 Å². The fraction of sp³-hybridized carbons (Fsp3) is 0.467. The van der Waals surface area contributed by atoms with Crippen molar-refractivity contribution in [2.75, 3.05) is 6.54 Å². The summed E-state index contributed by atoms with van der Waals surface area (Å²) >= 11 is 12.3. The monoisotopic (exact) mass is 329 g/mol. The molecule has 1 aromatic carbocycles. The van der Waals surface area contributed by atoms with Gasteiger partial charge >= 0.3 is 5.97 Å². The number of likely N-dealkylation sites (tertiary alicyclic amines) is 1. The lowest BCUT2D eigenvalue weighted by molar-refractivity contribution is -0.146. The highest BCUT2D eigenvalue weighted by atomic mass is 35.5. The molecule has 21 heavy (non-hydrogen) atoms. The molecule has 1 aliphatic rings. The van der Waals surface area contributed by atoms with E-state index < -0.39 is 17.9 Å². The first kappa shape index (κ1) is 16.1. The summed E-state index contributed by atoms with van der Waals surface area (Å²) in [6.45, 7) is 2.28. The standard InChI is InChI=1S/C15H17Cl2NO3/c1-2-18-12(19)8-4-6-10(15(20)21)14(18)9-5-3-7-11(16)13(9)17/h3,5,7,10,14H,2,4,6,8H2,1H3,(H,20,21). The van der Waals surface area contributed by atoms with Gasteiger partial charge in [0.05, 0.1) is 22.0 Å². The Kier molecular flexibility index (Phi) is 5.12. The van der Waals surface area contributed by atoms with E-state index in [1.165, 1.54) is 0 Å². The molecule has 0 aromatic heterocycles. The van der Waals surface area contributed by atoms with Gasteiger partial charge in [-0.15, -0.1) is 0 Å². The van der Waals surface area contributed by atoms with Gasteiger partial charge in [-0.2, -0.15) is 0 Å². The summed E-state index contributed by atoms with van der Waals surface area (Å²) in [7, 11) is 0. The van der Waals surface area contributed by atoms with Crippen molar-refractivity contribution in [2.45, 2.75) is 32.2 Å². The Labute approximate surface area is 133 Å². The number of carboxylic acid groups (broad SMARTS) is 1. The van der Waals surface area contributed by atoms with Crippen LogP contribution in [0.3, 0.4) is 0 Å². The summed E-state index contributed by atoms with van der Waals surface area (Å²) in [4.78, 5) is 25.5. The van der Waals surface area contributed by atoms with Crippen molar-refractivity contribution in [1.82, 2.24) is 4.90 Å². The van der Waals surface area contributed by atoms with Crippen molar-refractivity contribution < 1.29 is 14.7 Å². The van der Waals surface area contributed by atoms with Crippen molar-refractivity contribution in [3.05, 3.63) is 33.8 Å². The Bertz CT molecular complexity index is 560. The normalized spacial score (nSPS) is 23.0. The molecule has 1 N–H and O–H groups in total. The number of carbonyl (C=O) groups is 2. The maximum Gasteiger partial charge on any atom is 0.308 e. The number of nitrogens with zero attached hydrogens (tertiary/aromatic N) is 1. The third-order valence-corrected chi connectivity index (χ3v) is 4.73. The minimum Gasteiger partial charge on any atom is -0.481 e. The van der Waals surface area contributed by atoms with Gasteiger partial charge in [0.15, 0.2) is 0 Å². The van der Waals surface area contributed by atoms with Crippen LogP contribution in [0.4, 0.5) is 0 Å². The maximum atomic E-state index is 12.3. The van der Waals surface area contributed by atoms with Crippen LogP contribution in [-0.4, -0.2) is 28.4 Å². The minimum absolute atomic E-state index is 0.0395. The Morgan fingerprint density at radius 2 is 2.14 bits per heavy atom. The van der Waals surface area contributed by atoms with E-state index in [1.807, 2.05) is 6.92 Å². The molecule has 2 unspecified atom stereocenters. The van der Waals surface area contributed by atoms with Crippen molar-refractivity contribution in [1.29, 1.82) is 0 Å². The van der Waals surface area contributed by atoms with Crippen LogP contribution in [0.5, 0.6) is 0 Å². The summed E-state index contributed by atoms with van der Waals surface area (Å²) in [6, 6.07) is 4.55. The summed E-state index contributed by atoms with van der Waals surface area (Å²) in [5.41, 5.74) is 0.605. The molecule has 0 aliphatic carbocycles. The first-order chi connectivity index (χ1) is 9.97. The molecule has 0 spiro atoms. The molecule has 0 bridgehead atoms. The molecule has 1 aromatic rings. The fourth-order valence-corrected chi connectivity index (χ4v) is 3.33. The number of carboxylic acids is 1. The Morgan fingerprint density at radius 1 is 1.43 bits per heavy atom. The molecule has 1 aliphatic heterocycles. The first-order valence-electron chi connectivity index (χ1n) is 6.93. The zero-order chi connectivity index (χ0) is 15.6. The van der Waals surface area contributed by atoms with E-state index in [0.717, 1.165) is 0 Å². The van der Waals surface area contributed by atoms with Crippen LogP contribution in [0, 0.1) is 5.92 Å². The predicted molar refractivity (Wildman–Crippen MR) is 81.6 cm³/mol. The average Bonchev–Trinajstić information content (AvgIpc) is 2.60. The molecule has 1 heterocycles. The van der Waals surface area contributed by atoms with Gasteiger partial charge < -0.3 is 10.0 Å². The van der Waals surface area contributed by atoms with Gasteiger partial charge in [-0.3, -0.25) is 9.59 Å². The van der Waals surface area contributed by atoms with E-state index in [-0.39, 0.29) is 5.91 Å². The molecule has 0 saturated carbocycles. The summed E-state index contributed by atoms with van der Waals surface area (Å²) < 4.78 is 0. The lowest BCUT2D eigenvalue weighted by atomic mass is 9.89. The van der Waals surface area contributed by atoms with Gasteiger partial charge in [-0.05, 0) is 31.4 Å². The van der Waals surface area contributed by atoms with E-state index in [1.54, 1.807) is 23.1 Å². The van der Waals surface area contributed by atoms with E-state index in [9.17, 15) is 14.7 Å². The second kappa shape index (κ2) is 6.67. The molecule has 1 saturated heterocycles. The van der Waals surface area contributed by atoms with E-state index in [4.69, 9.17) is 23.2 Å². The third kappa shape index (κ3) is 3.16. The molecule has 114 valence electrons. The van der Waals surface area contributed by atoms with Crippen LogP contribution < -0.4 is 0 Å². The molecule has 1 amide bonds. The highest BCUT2D eigenvalue weighted by Gasteiger charge is 2.39. The Morgan fingerprint density at radius 3 is 2.76 bits per heavy atom. The minimum atomic E-state index is -0.913. The lowest BCUT2D eigenvalue weighted by Crippen LogP contribution is -2.39. The molecule has 0 radical (unpaired) electrons. The van der Waals surface area contributed by atoms with E-state index in [0.29, 0.717) is 41.4 Å². The second-order valence-corrected chi connectivity index (χ2v) is 5.89. The van der Waals surface area contributed by atoms with Gasteiger partial charge in [0.25, 0.3) is 0 Å². The average molecular weight is 330 g/mol. The summed E-state index contributed by atoms with van der Waals surface area (Å²) in [6.07, 6.45) is 1.39. The topological polar surface area (TPSA) is 57.6 Å². The molecule has 6 heteroatoms. The van der Waals surface area contributed by atoms with E-state index >= 15 is 0 Å². The SMILES string of the molecule is CCN1C(=O)CCCC(C(=O)O)C1c1cccc(Cl)c1Cl.